The van der Waals surface area contributed by atoms with Gasteiger partial charge in [0.2, 0.25) is 5.91 Å². The van der Waals surface area contributed by atoms with Crippen molar-refractivity contribution in [2.75, 3.05) is 26.0 Å². The third kappa shape index (κ3) is 5.30. The second-order valence-electron chi connectivity index (χ2n) is 5.71. The molecule has 8 nitrogen and oxygen atoms in total. The van der Waals surface area contributed by atoms with E-state index >= 15 is 0 Å². The third-order valence-corrected chi connectivity index (χ3v) is 3.54. The number of carbonyl (C=O) groups is 2. The van der Waals surface area contributed by atoms with E-state index in [1.165, 1.54) is 11.0 Å². The highest BCUT2D eigenvalue weighted by Gasteiger charge is 2.15. The van der Waals surface area contributed by atoms with Crippen molar-refractivity contribution < 1.29 is 19.2 Å². The van der Waals surface area contributed by atoms with Crippen LogP contribution in [-0.2, 0) is 16.0 Å². The fourth-order valence-corrected chi connectivity index (χ4v) is 2.13. The Morgan fingerprint density at radius 2 is 1.77 bits per heavy atom. The summed E-state index contributed by atoms with van der Waals surface area (Å²) in [6.07, 6.45) is -0.104. The minimum absolute atomic E-state index is 0.0730. The summed E-state index contributed by atoms with van der Waals surface area (Å²) >= 11 is 0. The Hall–Kier alpha value is -3.42. The van der Waals surface area contributed by atoms with Crippen LogP contribution in [0.4, 0.5) is 11.4 Å². The maximum atomic E-state index is 12.1. The lowest BCUT2D eigenvalue weighted by molar-refractivity contribution is -0.385. The molecule has 0 aromatic heterocycles. The molecule has 2 rings (SSSR count). The average Bonchev–Trinajstić information content (AvgIpc) is 2.61. The molecule has 1 N–H and O–H groups in total. The SMILES string of the molecule is CN(C)C(=O)COc1ccc(NC(=O)Cc2ccccc2[N+](=O)[O-])cc1. The van der Waals surface area contributed by atoms with Crippen LogP contribution in [0.1, 0.15) is 5.56 Å². The summed E-state index contributed by atoms with van der Waals surface area (Å²) in [4.78, 5) is 35.5. The molecule has 2 amide bonds. The number of carbonyl (C=O) groups excluding carboxylic acids is 2. The zero-order valence-corrected chi connectivity index (χ0v) is 14.5. The number of rotatable bonds is 7. The van der Waals surface area contributed by atoms with Crippen LogP contribution in [0.25, 0.3) is 0 Å². The van der Waals surface area contributed by atoms with Gasteiger partial charge in [-0.1, -0.05) is 18.2 Å². The Balaban J connectivity index is 1.94. The molecular weight excluding hydrogens is 338 g/mol. The summed E-state index contributed by atoms with van der Waals surface area (Å²) in [5.41, 5.74) is 0.786. The van der Waals surface area contributed by atoms with Crippen molar-refractivity contribution in [2.45, 2.75) is 6.42 Å². The molecule has 0 heterocycles. The number of hydrogen-bond donors (Lipinski definition) is 1. The van der Waals surface area contributed by atoms with Crippen LogP contribution in [0, 0.1) is 10.1 Å². The number of nitrogens with zero attached hydrogens (tertiary/aromatic N) is 2. The first-order valence-corrected chi connectivity index (χ1v) is 7.82. The summed E-state index contributed by atoms with van der Waals surface area (Å²) in [5.74, 6) is -0.0283. The fourth-order valence-electron chi connectivity index (χ4n) is 2.13. The van der Waals surface area contributed by atoms with Gasteiger partial charge in [0.1, 0.15) is 5.75 Å². The van der Waals surface area contributed by atoms with Crippen molar-refractivity contribution in [1.82, 2.24) is 4.90 Å². The molecule has 136 valence electrons. The zero-order valence-electron chi connectivity index (χ0n) is 14.5. The summed E-state index contributed by atoms with van der Waals surface area (Å²) in [6.45, 7) is -0.0730. The third-order valence-electron chi connectivity index (χ3n) is 3.54. The van der Waals surface area contributed by atoms with Gasteiger partial charge in [0.25, 0.3) is 11.6 Å². The molecule has 0 spiro atoms. The molecule has 2 aromatic rings. The molecule has 0 bridgehead atoms. The van der Waals surface area contributed by atoms with Crippen molar-refractivity contribution >= 4 is 23.2 Å². The number of nitrogens with one attached hydrogen (secondary N) is 1. The highest BCUT2D eigenvalue weighted by molar-refractivity contribution is 5.92. The van der Waals surface area contributed by atoms with Crippen LogP contribution >= 0.6 is 0 Å². The fraction of sp³-hybridized carbons (Fsp3) is 0.222. The molecule has 0 aliphatic heterocycles. The Morgan fingerprint density at radius 3 is 2.38 bits per heavy atom. The second-order valence-corrected chi connectivity index (χ2v) is 5.71. The van der Waals surface area contributed by atoms with E-state index in [1.807, 2.05) is 0 Å². The van der Waals surface area contributed by atoms with Crippen molar-refractivity contribution in [3.8, 4) is 5.75 Å². The molecule has 0 aliphatic rings. The molecule has 0 aliphatic carbocycles. The number of likely N-dealkylation sites (N-methyl/N-ethyl adjacent to an activating group) is 1. The van der Waals surface area contributed by atoms with E-state index in [4.69, 9.17) is 4.74 Å². The van der Waals surface area contributed by atoms with Crippen LogP contribution < -0.4 is 10.1 Å². The normalized spacial score (nSPS) is 10.1. The predicted octanol–water partition coefficient (Wildman–Crippen LogP) is 2.24. The first-order chi connectivity index (χ1) is 12.4. The Kier molecular flexibility index (Phi) is 6.26. The molecule has 8 heteroatoms. The Morgan fingerprint density at radius 1 is 1.12 bits per heavy atom. The van der Waals surface area contributed by atoms with E-state index < -0.39 is 4.92 Å². The maximum Gasteiger partial charge on any atom is 0.273 e. The van der Waals surface area contributed by atoms with Gasteiger partial charge < -0.3 is 15.0 Å². The van der Waals surface area contributed by atoms with Gasteiger partial charge in [-0.05, 0) is 24.3 Å². The van der Waals surface area contributed by atoms with E-state index in [2.05, 4.69) is 5.32 Å². The number of benzene rings is 2. The van der Waals surface area contributed by atoms with E-state index in [0.717, 1.165) is 0 Å². The number of para-hydroxylation sites is 1. The number of nitro benzene ring substituents is 1. The quantitative estimate of drug-likeness (QED) is 0.605. The maximum absolute atomic E-state index is 12.1. The van der Waals surface area contributed by atoms with Gasteiger partial charge >= 0.3 is 0 Å². The van der Waals surface area contributed by atoms with E-state index in [0.29, 0.717) is 17.0 Å². The van der Waals surface area contributed by atoms with E-state index in [9.17, 15) is 19.7 Å². The number of hydrogen-bond acceptors (Lipinski definition) is 5. The molecule has 0 fully saturated rings. The molecule has 0 unspecified atom stereocenters. The molecule has 0 saturated heterocycles. The number of amides is 2. The second kappa shape index (κ2) is 8.61. The summed E-state index contributed by atoms with van der Waals surface area (Å²) in [7, 11) is 3.28. The zero-order chi connectivity index (χ0) is 19.1. The molecule has 0 atom stereocenters. The molecule has 26 heavy (non-hydrogen) atoms. The lowest BCUT2D eigenvalue weighted by Gasteiger charge is -2.11. The van der Waals surface area contributed by atoms with Gasteiger partial charge in [0, 0.05) is 31.4 Å². The summed E-state index contributed by atoms with van der Waals surface area (Å²) in [6, 6.07) is 12.6. The van der Waals surface area contributed by atoms with Gasteiger partial charge in [-0.25, -0.2) is 0 Å². The lowest BCUT2D eigenvalue weighted by atomic mass is 10.1. The molecule has 0 saturated carbocycles. The van der Waals surface area contributed by atoms with Crippen molar-refractivity contribution in [2.24, 2.45) is 0 Å². The van der Waals surface area contributed by atoms with Gasteiger partial charge in [0.15, 0.2) is 6.61 Å². The summed E-state index contributed by atoms with van der Waals surface area (Å²) < 4.78 is 5.35. The van der Waals surface area contributed by atoms with Crippen molar-refractivity contribution in [1.29, 1.82) is 0 Å². The first-order valence-electron chi connectivity index (χ1n) is 7.82. The van der Waals surface area contributed by atoms with Crippen LogP contribution in [-0.4, -0.2) is 42.3 Å². The number of nitro groups is 1. The van der Waals surface area contributed by atoms with Crippen LogP contribution in [0.15, 0.2) is 48.5 Å². The highest BCUT2D eigenvalue weighted by Crippen LogP contribution is 2.20. The van der Waals surface area contributed by atoms with Crippen molar-refractivity contribution in [3.63, 3.8) is 0 Å². The van der Waals surface area contributed by atoms with Crippen LogP contribution in [0.2, 0.25) is 0 Å². The Labute approximate surface area is 150 Å². The number of ether oxygens (including phenoxy) is 1. The Bertz CT molecular complexity index is 803. The van der Waals surface area contributed by atoms with E-state index in [1.54, 1.807) is 56.6 Å². The minimum atomic E-state index is -0.510. The van der Waals surface area contributed by atoms with Gasteiger partial charge in [-0.15, -0.1) is 0 Å². The molecule has 2 aromatic carbocycles. The topological polar surface area (TPSA) is 102 Å². The van der Waals surface area contributed by atoms with Crippen molar-refractivity contribution in [3.05, 3.63) is 64.2 Å². The average molecular weight is 357 g/mol. The molecule has 0 radical (unpaired) electrons. The molecular formula is C18H19N3O5. The van der Waals surface area contributed by atoms with Gasteiger partial charge in [0.05, 0.1) is 11.3 Å². The summed E-state index contributed by atoms with van der Waals surface area (Å²) in [5, 5.41) is 13.7. The van der Waals surface area contributed by atoms with Gasteiger partial charge in [-0.3, -0.25) is 19.7 Å². The minimum Gasteiger partial charge on any atom is -0.484 e. The smallest absolute Gasteiger partial charge is 0.273 e. The monoisotopic (exact) mass is 357 g/mol. The van der Waals surface area contributed by atoms with Gasteiger partial charge in [-0.2, -0.15) is 0 Å². The van der Waals surface area contributed by atoms with E-state index in [-0.39, 0.29) is 30.5 Å². The van der Waals surface area contributed by atoms with Crippen LogP contribution in [0.5, 0.6) is 5.75 Å². The first kappa shape index (κ1) is 18.9. The lowest BCUT2D eigenvalue weighted by Crippen LogP contribution is -2.27. The number of anilines is 1. The van der Waals surface area contributed by atoms with Crippen LogP contribution in [0.3, 0.4) is 0 Å². The standard InChI is InChI=1S/C18H19N3O5/c1-20(2)18(23)12-26-15-9-7-14(8-10-15)19-17(22)11-13-5-3-4-6-16(13)21(24)25/h3-10H,11-12H2,1-2H3,(H,19,22). The predicted molar refractivity (Wildman–Crippen MR) is 96.1 cm³/mol. The highest BCUT2D eigenvalue weighted by atomic mass is 16.6. The largest absolute Gasteiger partial charge is 0.484 e.